The highest BCUT2D eigenvalue weighted by Gasteiger charge is 2.37. The van der Waals surface area contributed by atoms with Crippen molar-refractivity contribution in [3.63, 3.8) is 0 Å². The van der Waals surface area contributed by atoms with Gasteiger partial charge in [0.25, 0.3) is 0 Å². The van der Waals surface area contributed by atoms with Crippen molar-refractivity contribution in [1.82, 2.24) is 15.3 Å². The Kier molecular flexibility index (Phi) is 4.77. The van der Waals surface area contributed by atoms with Gasteiger partial charge in [-0.3, -0.25) is 0 Å². The molecule has 0 amide bonds. The van der Waals surface area contributed by atoms with Crippen LogP contribution in [0.25, 0.3) is 10.7 Å². The van der Waals surface area contributed by atoms with Gasteiger partial charge in [-0.15, -0.1) is 22.7 Å². The molecule has 0 bridgehead atoms. The Hall–Kier alpha value is -0.990. The lowest BCUT2D eigenvalue weighted by molar-refractivity contribution is -0.141. The summed E-state index contributed by atoms with van der Waals surface area (Å²) in [6.45, 7) is 4.85. The van der Waals surface area contributed by atoms with E-state index in [0.29, 0.717) is 23.2 Å². The number of nitrogens with zero attached hydrogens (tertiary/aromatic N) is 2. The Labute approximate surface area is 122 Å². The van der Waals surface area contributed by atoms with Crippen molar-refractivity contribution in [1.29, 1.82) is 0 Å². The number of hydrogen-bond donors (Lipinski definition) is 1. The first kappa shape index (κ1) is 15.4. The first-order chi connectivity index (χ1) is 9.38. The van der Waals surface area contributed by atoms with Crippen molar-refractivity contribution in [2.24, 2.45) is 5.92 Å². The summed E-state index contributed by atoms with van der Waals surface area (Å²) in [6, 6.07) is 0. The lowest BCUT2D eigenvalue weighted by Crippen LogP contribution is -2.20. The second-order valence-electron chi connectivity index (χ2n) is 4.69. The number of aromatic nitrogens is 2. The molecular formula is C12H14F3N3S2. The number of nitrogens with one attached hydrogen (secondary N) is 1. The summed E-state index contributed by atoms with van der Waals surface area (Å²) in [5.41, 5.74) is 1.28. The van der Waals surface area contributed by atoms with Crippen molar-refractivity contribution < 1.29 is 13.2 Å². The molecule has 0 fully saturated rings. The monoisotopic (exact) mass is 321 g/mol. The SMILES string of the molecule is CC(C)CNCc1sc(-c2cscn2)nc1C(F)(F)F. The maximum Gasteiger partial charge on any atom is 0.434 e. The smallest absolute Gasteiger partial charge is 0.312 e. The van der Waals surface area contributed by atoms with Crippen LogP contribution < -0.4 is 5.32 Å². The van der Waals surface area contributed by atoms with Gasteiger partial charge in [0.1, 0.15) is 10.7 Å². The highest BCUT2D eigenvalue weighted by molar-refractivity contribution is 7.15. The quantitative estimate of drug-likeness (QED) is 0.903. The van der Waals surface area contributed by atoms with Gasteiger partial charge >= 0.3 is 6.18 Å². The average Bonchev–Trinajstić information content (AvgIpc) is 2.94. The van der Waals surface area contributed by atoms with Crippen LogP contribution in [0.2, 0.25) is 0 Å². The minimum Gasteiger partial charge on any atom is -0.312 e. The predicted octanol–water partition coefficient (Wildman–Crippen LogP) is 4.03. The summed E-state index contributed by atoms with van der Waals surface area (Å²) >= 11 is 2.38. The summed E-state index contributed by atoms with van der Waals surface area (Å²) in [7, 11) is 0. The fourth-order valence-electron chi connectivity index (χ4n) is 1.60. The molecule has 0 radical (unpaired) electrons. The highest BCUT2D eigenvalue weighted by atomic mass is 32.1. The maximum absolute atomic E-state index is 13.0. The molecule has 1 N–H and O–H groups in total. The second kappa shape index (κ2) is 6.19. The fourth-order valence-corrected chi connectivity index (χ4v) is 3.23. The van der Waals surface area contributed by atoms with E-state index < -0.39 is 11.9 Å². The van der Waals surface area contributed by atoms with E-state index in [9.17, 15) is 13.2 Å². The molecule has 0 unspecified atom stereocenters. The Morgan fingerprint density at radius 1 is 1.35 bits per heavy atom. The van der Waals surface area contributed by atoms with Gasteiger partial charge in [0.15, 0.2) is 5.69 Å². The van der Waals surface area contributed by atoms with E-state index in [1.165, 1.54) is 11.3 Å². The van der Waals surface area contributed by atoms with Gasteiger partial charge in [0, 0.05) is 11.9 Å². The van der Waals surface area contributed by atoms with Crippen LogP contribution >= 0.6 is 22.7 Å². The zero-order valence-electron chi connectivity index (χ0n) is 11.0. The molecule has 0 saturated carbocycles. The molecule has 3 nitrogen and oxygen atoms in total. The summed E-state index contributed by atoms with van der Waals surface area (Å²) in [4.78, 5) is 7.94. The molecular weight excluding hydrogens is 307 g/mol. The Bertz CT molecular complexity index is 547. The van der Waals surface area contributed by atoms with Crippen LogP contribution in [0.5, 0.6) is 0 Å². The number of hydrogen-bond acceptors (Lipinski definition) is 5. The molecule has 2 heterocycles. The predicted molar refractivity (Wildman–Crippen MR) is 74.8 cm³/mol. The summed E-state index contributed by atoms with van der Waals surface area (Å²) in [5.74, 6) is 0.385. The number of halogens is 3. The molecule has 0 spiro atoms. The van der Waals surface area contributed by atoms with Crippen LogP contribution in [0.1, 0.15) is 24.4 Å². The Morgan fingerprint density at radius 3 is 2.65 bits per heavy atom. The molecule has 0 atom stereocenters. The molecule has 110 valence electrons. The van der Waals surface area contributed by atoms with E-state index >= 15 is 0 Å². The normalized spacial score (nSPS) is 12.3. The Balaban J connectivity index is 2.24. The lowest BCUT2D eigenvalue weighted by atomic mass is 10.2. The van der Waals surface area contributed by atoms with E-state index in [2.05, 4.69) is 15.3 Å². The van der Waals surface area contributed by atoms with Crippen LogP contribution in [0.15, 0.2) is 10.9 Å². The van der Waals surface area contributed by atoms with E-state index in [4.69, 9.17) is 0 Å². The fraction of sp³-hybridized carbons (Fsp3) is 0.500. The molecule has 0 aromatic carbocycles. The van der Waals surface area contributed by atoms with Crippen molar-refractivity contribution in [3.05, 3.63) is 21.5 Å². The summed E-state index contributed by atoms with van der Waals surface area (Å²) < 4.78 is 39.0. The first-order valence-corrected chi connectivity index (χ1v) is 7.80. The molecule has 20 heavy (non-hydrogen) atoms. The molecule has 0 aliphatic carbocycles. The summed E-state index contributed by atoms with van der Waals surface area (Å²) in [5, 5.41) is 5.04. The molecule has 2 aromatic heterocycles. The van der Waals surface area contributed by atoms with E-state index in [1.54, 1.807) is 10.9 Å². The highest BCUT2D eigenvalue weighted by Crippen LogP contribution is 2.37. The zero-order valence-corrected chi connectivity index (χ0v) is 12.6. The van der Waals surface area contributed by atoms with Gasteiger partial charge in [-0.05, 0) is 12.5 Å². The Morgan fingerprint density at radius 2 is 2.10 bits per heavy atom. The number of alkyl halides is 3. The van der Waals surface area contributed by atoms with E-state index in [1.807, 2.05) is 13.8 Å². The molecule has 0 saturated heterocycles. The third kappa shape index (κ3) is 3.77. The first-order valence-electron chi connectivity index (χ1n) is 6.04. The standard InChI is InChI=1S/C12H14F3N3S2/c1-7(2)3-16-4-9-10(12(13,14)15)18-11(20-9)8-5-19-6-17-8/h5-7,16H,3-4H2,1-2H3. The molecule has 2 rings (SSSR count). The van der Waals surface area contributed by atoms with Gasteiger partial charge in [0.2, 0.25) is 0 Å². The minimum atomic E-state index is -4.43. The van der Waals surface area contributed by atoms with Gasteiger partial charge in [-0.1, -0.05) is 13.8 Å². The molecule has 0 aliphatic rings. The zero-order chi connectivity index (χ0) is 14.8. The second-order valence-corrected chi connectivity index (χ2v) is 6.49. The molecule has 2 aromatic rings. The topological polar surface area (TPSA) is 37.8 Å². The van der Waals surface area contributed by atoms with E-state index in [0.717, 1.165) is 11.3 Å². The lowest BCUT2D eigenvalue weighted by Gasteiger charge is -2.08. The number of rotatable bonds is 5. The van der Waals surface area contributed by atoms with Crippen molar-refractivity contribution in [3.8, 4) is 10.7 Å². The average molecular weight is 321 g/mol. The maximum atomic E-state index is 13.0. The van der Waals surface area contributed by atoms with Gasteiger partial charge < -0.3 is 5.32 Å². The van der Waals surface area contributed by atoms with Crippen molar-refractivity contribution in [2.75, 3.05) is 6.54 Å². The molecule has 0 aliphatic heterocycles. The van der Waals surface area contributed by atoms with Crippen molar-refractivity contribution in [2.45, 2.75) is 26.6 Å². The van der Waals surface area contributed by atoms with Crippen LogP contribution in [0.3, 0.4) is 0 Å². The van der Waals surface area contributed by atoms with Crippen LogP contribution in [0, 0.1) is 5.92 Å². The van der Waals surface area contributed by atoms with E-state index in [-0.39, 0.29) is 11.4 Å². The van der Waals surface area contributed by atoms with Crippen molar-refractivity contribution >= 4 is 22.7 Å². The van der Waals surface area contributed by atoms with Crippen LogP contribution in [0.4, 0.5) is 13.2 Å². The largest absolute Gasteiger partial charge is 0.434 e. The third-order valence-corrected chi connectivity index (χ3v) is 4.12. The summed E-state index contributed by atoms with van der Waals surface area (Å²) in [6.07, 6.45) is -4.43. The van der Waals surface area contributed by atoms with Gasteiger partial charge in [-0.25, -0.2) is 9.97 Å². The van der Waals surface area contributed by atoms with Crippen LogP contribution in [-0.4, -0.2) is 16.5 Å². The third-order valence-electron chi connectivity index (χ3n) is 2.46. The van der Waals surface area contributed by atoms with Gasteiger partial charge in [-0.2, -0.15) is 13.2 Å². The molecule has 8 heteroatoms. The minimum absolute atomic E-state index is 0.175. The van der Waals surface area contributed by atoms with Gasteiger partial charge in [0.05, 0.1) is 10.4 Å². The number of thiazole rings is 2. The van der Waals surface area contributed by atoms with Crippen LogP contribution in [-0.2, 0) is 12.7 Å².